The van der Waals surface area contributed by atoms with Gasteiger partial charge in [-0.1, -0.05) is 6.07 Å². The van der Waals surface area contributed by atoms with E-state index in [9.17, 15) is 18.0 Å². The standard InChI is InChI=1S/C17H15F3N2OS/c1-24-9-10-4-2-6-21-15(10)17(23)22-7-3-5-11-14(20)12(18)8-13(19)16(11)22/h2,4,6,8H,3,5,7,9H2,1H3. The third kappa shape index (κ3) is 2.88. The molecule has 1 aliphatic heterocycles. The second-order valence-electron chi connectivity index (χ2n) is 5.49. The van der Waals surface area contributed by atoms with Gasteiger partial charge in [-0.15, -0.1) is 0 Å². The summed E-state index contributed by atoms with van der Waals surface area (Å²) >= 11 is 1.53. The Morgan fingerprint density at radius 3 is 2.88 bits per heavy atom. The lowest BCUT2D eigenvalue weighted by Crippen LogP contribution is -2.37. The summed E-state index contributed by atoms with van der Waals surface area (Å²) in [6.45, 7) is 0.239. The van der Waals surface area contributed by atoms with Gasteiger partial charge in [0.2, 0.25) is 0 Å². The molecular weight excluding hydrogens is 337 g/mol. The highest BCUT2D eigenvalue weighted by atomic mass is 32.2. The molecule has 0 saturated heterocycles. The number of thioether (sulfide) groups is 1. The highest BCUT2D eigenvalue weighted by molar-refractivity contribution is 7.97. The minimum Gasteiger partial charge on any atom is -0.304 e. The Bertz CT molecular complexity index is 798. The van der Waals surface area contributed by atoms with Gasteiger partial charge in [0.25, 0.3) is 5.91 Å². The van der Waals surface area contributed by atoms with Crippen molar-refractivity contribution in [3.05, 3.63) is 58.7 Å². The lowest BCUT2D eigenvalue weighted by Gasteiger charge is -2.30. The Morgan fingerprint density at radius 2 is 2.12 bits per heavy atom. The van der Waals surface area contributed by atoms with Gasteiger partial charge >= 0.3 is 0 Å². The van der Waals surface area contributed by atoms with Gasteiger partial charge in [-0.3, -0.25) is 9.78 Å². The molecule has 0 fully saturated rings. The van der Waals surface area contributed by atoms with Crippen molar-refractivity contribution in [3.8, 4) is 0 Å². The molecule has 0 radical (unpaired) electrons. The first kappa shape index (κ1) is 16.8. The monoisotopic (exact) mass is 352 g/mol. The van der Waals surface area contributed by atoms with E-state index >= 15 is 0 Å². The zero-order valence-corrected chi connectivity index (χ0v) is 13.8. The molecule has 0 N–H and O–H groups in total. The highest BCUT2D eigenvalue weighted by Gasteiger charge is 2.31. The minimum atomic E-state index is -1.23. The number of carbonyl (C=O) groups excluding carboxylic acids is 1. The molecule has 0 aliphatic carbocycles. The maximum atomic E-state index is 14.3. The topological polar surface area (TPSA) is 33.2 Å². The first-order valence-corrected chi connectivity index (χ1v) is 8.85. The van der Waals surface area contributed by atoms with E-state index < -0.39 is 23.4 Å². The first-order valence-electron chi connectivity index (χ1n) is 7.45. The molecule has 0 unspecified atom stereocenters. The highest BCUT2D eigenvalue weighted by Crippen LogP contribution is 2.34. The van der Waals surface area contributed by atoms with E-state index in [1.807, 2.05) is 6.26 Å². The van der Waals surface area contributed by atoms with Crippen molar-refractivity contribution in [3.63, 3.8) is 0 Å². The quantitative estimate of drug-likeness (QED) is 0.784. The summed E-state index contributed by atoms with van der Waals surface area (Å²) in [6.07, 6.45) is 4.02. The molecule has 0 saturated carbocycles. The van der Waals surface area contributed by atoms with Gasteiger partial charge in [0, 0.05) is 30.1 Å². The van der Waals surface area contributed by atoms with Crippen LogP contribution in [0.4, 0.5) is 18.9 Å². The number of amides is 1. The van der Waals surface area contributed by atoms with Crippen LogP contribution in [0.25, 0.3) is 0 Å². The fourth-order valence-electron chi connectivity index (χ4n) is 2.92. The molecule has 3 nitrogen and oxygen atoms in total. The number of anilines is 1. The molecule has 1 aromatic heterocycles. The average molecular weight is 352 g/mol. The third-order valence-electron chi connectivity index (χ3n) is 3.96. The second kappa shape index (κ2) is 6.84. The molecule has 0 atom stereocenters. The van der Waals surface area contributed by atoms with Crippen molar-refractivity contribution >= 4 is 23.4 Å². The van der Waals surface area contributed by atoms with Crippen molar-refractivity contribution in [1.29, 1.82) is 0 Å². The SMILES string of the molecule is CSCc1cccnc1C(=O)N1CCCc2c(F)c(F)cc(F)c21. The summed E-state index contributed by atoms with van der Waals surface area (Å²) in [5.41, 5.74) is 0.675. The number of hydrogen-bond acceptors (Lipinski definition) is 3. The Kier molecular flexibility index (Phi) is 4.80. The van der Waals surface area contributed by atoms with E-state index in [0.717, 1.165) is 5.56 Å². The maximum absolute atomic E-state index is 14.3. The van der Waals surface area contributed by atoms with Crippen LogP contribution in [0.1, 0.15) is 28.0 Å². The minimum absolute atomic E-state index is 0.0885. The molecule has 2 heterocycles. The van der Waals surface area contributed by atoms with Gasteiger partial charge in [0.15, 0.2) is 11.6 Å². The lowest BCUT2D eigenvalue weighted by molar-refractivity contribution is 0.0978. The summed E-state index contributed by atoms with van der Waals surface area (Å²) in [6, 6.07) is 3.99. The molecule has 1 aromatic carbocycles. The number of carbonyl (C=O) groups is 1. The van der Waals surface area contributed by atoms with Crippen LogP contribution < -0.4 is 4.90 Å². The zero-order chi connectivity index (χ0) is 17.3. The van der Waals surface area contributed by atoms with E-state index in [4.69, 9.17) is 0 Å². The zero-order valence-electron chi connectivity index (χ0n) is 13.0. The van der Waals surface area contributed by atoms with E-state index in [0.29, 0.717) is 18.2 Å². The van der Waals surface area contributed by atoms with Gasteiger partial charge < -0.3 is 4.90 Å². The maximum Gasteiger partial charge on any atom is 0.277 e. The third-order valence-corrected chi connectivity index (χ3v) is 4.56. The van der Waals surface area contributed by atoms with Crippen molar-refractivity contribution in [1.82, 2.24) is 4.98 Å². The molecule has 0 bridgehead atoms. The van der Waals surface area contributed by atoms with Crippen molar-refractivity contribution in [2.45, 2.75) is 18.6 Å². The molecule has 24 heavy (non-hydrogen) atoms. The van der Waals surface area contributed by atoms with Gasteiger partial charge in [0.05, 0.1) is 5.69 Å². The molecule has 2 aromatic rings. The predicted octanol–water partition coefficient (Wildman–Crippen LogP) is 3.95. The Hall–Kier alpha value is -2.02. The fraction of sp³-hybridized carbons (Fsp3) is 0.294. The van der Waals surface area contributed by atoms with Crippen LogP contribution in [-0.4, -0.2) is 23.7 Å². The van der Waals surface area contributed by atoms with Crippen LogP contribution in [0.3, 0.4) is 0 Å². The van der Waals surface area contributed by atoms with Crippen LogP contribution in [0, 0.1) is 17.5 Å². The molecular formula is C17H15F3N2OS. The van der Waals surface area contributed by atoms with Crippen LogP contribution in [-0.2, 0) is 12.2 Å². The number of aromatic nitrogens is 1. The summed E-state index contributed by atoms with van der Waals surface area (Å²) in [5, 5.41) is 0. The van der Waals surface area contributed by atoms with Crippen LogP contribution in [0.5, 0.6) is 0 Å². The van der Waals surface area contributed by atoms with Gasteiger partial charge in [-0.2, -0.15) is 11.8 Å². The molecule has 1 amide bonds. The lowest BCUT2D eigenvalue weighted by atomic mass is 9.99. The number of pyridine rings is 1. The molecule has 3 rings (SSSR count). The second-order valence-corrected chi connectivity index (χ2v) is 6.35. The smallest absolute Gasteiger partial charge is 0.277 e. The number of rotatable bonds is 3. The van der Waals surface area contributed by atoms with Crippen molar-refractivity contribution in [2.24, 2.45) is 0 Å². The Balaban J connectivity index is 2.07. The fourth-order valence-corrected chi connectivity index (χ4v) is 3.46. The molecule has 0 spiro atoms. The summed E-state index contributed by atoms with van der Waals surface area (Å²) in [7, 11) is 0. The molecule has 7 heteroatoms. The molecule has 126 valence electrons. The number of fused-ring (bicyclic) bond motifs is 1. The van der Waals surface area contributed by atoms with Crippen LogP contribution in [0.15, 0.2) is 24.4 Å². The van der Waals surface area contributed by atoms with E-state index in [-0.39, 0.29) is 29.9 Å². The van der Waals surface area contributed by atoms with E-state index in [1.54, 1.807) is 12.1 Å². The van der Waals surface area contributed by atoms with Gasteiger partial charge in [0.1, 0.15) is 11.5 Å². The van der Waals surface area contributed by atoms with Crippen molar-refractivity contribution in [2.75, 3.05) is 17.7 Å². The van der Waals surface area contributed by atoms with Crippen LogP contribution in [0.2, 0.25) is 0 Å². The van der Waals surface area contributed by atoms with Gasteiger partial charge in [-0.25, -0.2) is 13.2 Å². The average Bonchev–Trinajstić information content (AvgIpc) is 2.59. The van der Waals surface area contributed by atoms with E-state index in [2.05, 4.69) is 4.98 Å². The number of hydrogen-bond donors (Lipinski definition) is 0. The Morgan fingerprint density at radius 1 is 1.33 bits per heavy atom. The van der Waals surface area contributed by atoms with Gasteiger partial charge in [-0.05, 0) is 30.7 Å². The van der Waals surface area contributed by atoms with Crippen LogP contribution >= 0.6 is 11.8 Å². The largest absolute Gasteiger partial charge is 0.304 e. The normalized spacial score (nSPS) is 13.8. The van der Waals surface area contributed by atoms with E-state index in [1.165, 1.54) is 22.9 Å². The molecule has 1 aliphatic rings. The summed E-state index contributed by atoms with van der Waals surface area (Å²) in [4.78, 5) is 18.2. The van der Waals surface area contributed by atoms with Crippen molar-refractivity contribution < 1.29 is 18.0 Å². The summed E-state index contributed by atoms with van der Waals surface area (Å²) < 4.78 is 41.7. The number of nitrogens with zero attached hydrogens (tertiary/aromatic N) is 2. The number of halogens is 3. The predicted molar refractivity (Wildman–Crippen MR) is 87.8 cm³/mol. The number of benzene rings is 1. The summed E-state index contributed by atoms with van der Waals surface area (Å²) in [5.74, 6) is -3.17. The Labute approximate surface area is 141 Å². The first-order chi connectivity index (χ1) is 11.5.